The maximum absolute atomic E-state index is 5.97. The van der Waals surface area contributed by atoms with Crippen molar-refractivity contribution in [1.82, 2.24) is 10.4 Å². The van der Waals surface area contributed by atoms with E-state index in [-0.39, 0.29) is 5.54 Å². The zero-order valence-electron chi connectivity index (χ0n) is 11.8. The molecule has 0 aliphatic carbocycles. The first-order chi connectivity index (χ1) is 9.22. The van der Waals surface area contributed by atoms with E-state index in [1.165, 1.54) is 5.56 Å². The lowest BCUT2D eigenvalue weighted by Crippen LogP contribution is -2.59. The van der Waals surface area contributed by atoms with E-state index in [2.05, 4.69) is 47.7 Å². The number of rotatable bonds is 6. The number of nitrogens with one attached hydrogen (secondary N) is 1. The van der Waals surface area contributed by atoms with Crippen LogP contribution in [-0.4, -0.2) is 43.4 Å². The Morgan fingerprint density at radius 3 is 2.58 bits per heavy atom. The summed E-state index contributed by atoms with van der Waals surface area (Å²) in [7, 11) is 0. The van der Waals surface area contributed by atoms with Crippen LogP contribution in [0.1, 0.15) is 18.9 Å². The van der Waals surface area contributed by atoms with Gasteiger partial charge >= 0.3 is 0 Å². The molecule has 1 aliphatic heterocycles. The number of hydrogen-bond acceptors (Lipinski definition) is 4. The number of nitrogens with two attached hydrogens (primary N) is 1. The maximum Gasteiger partial charge on any atom is 0.0608 e. The van der Waals surface area contributed by atoms with Crippen LogP contribution < -0.4 is 11.2 Å². The second-order valence-electron chi connectivity index (χ2n) is 5.46. The van der Waals surface area contributed by atoms with Crippen LogP contribution >= 0.6 is 0 Å². The zero-order chi connectivity index (χ0) is 13.6. The lowest BCUT2D eigenvalue weighted by atomic mass is 9.94. The van der Waals surface area contributed by atoms with Crippen molar-refractivity contribution >= 4 is 0 Å². The Labute approximate surface area is 115 Å². The van der Waals surface area contributed by atoms with Gasteiger partial charge in [-0.15, -0.1) is 0 Å². The smallest absolute Gasteiger partial charge is 0.0608 e. The Morgan fingerprint density at radius 1 is 1.26 bits per heavy atom. The Balaban J connectivity index is 1.86. The Kier molecular flexibility index (Phi) is 5.34. The van der Waals surface area contributed by atoms with Gasteiger partial charge in [0, 0.05) is 25.2 Å². The van der Waals surface area contributed by atoms with Gasteiger partial charge in [0.25, 0.3) is 0 Å². The monoisotopic (exact) mass is 263 g/mol. The Hall–Kier alpha value is -0.940. The van der Waals surface area contributed by atoms with Gasteiger partial charge in [-0.1, -0.05) is 30.3 Å². The molecular formula is C15H25N3O. The third kappa shape index (κ3) is 4.58. The number of hydrogen-bond donors (Lipinski definition) is 2. The van der Waals surface area contributed by atoms with Gasteiger partial charge in [-0.05, 0) is 25.3 Å². The molecule has 0 spiro atoms. The first kappa shape index (κ1) is 14.5. The van der Waals surface area contributed by atoms with Crippen LogP contribution in [0.2, 0.25) is 0 Å². The normalized spacial score (nSPS) is 20.1. The summed E-state index contributed by atoms with van der Waals surface area (Å²) in [4.78, 5) is 0. The summed E-state index contributed by atoms with van der Waals surface area (Å²) in [5.74, 6) is 0. The van der Waals surface area contributed by atoms with Crippen molar-refractivity contribution in [1.29, 1.82) is 0 Å². The van der Waals surface area contributed by atoms with E-state index < -0.39 is 0 Å². The van der Waals surface area contributed by atoms with Crippen LogP contribution in [0, 0.1) is 0 Å². The maximum atomic E-state index is 5.97. The van der Waals surface area contributed by atoms with E-state index in [0.29, 0.717) is 6.54 Å². The quantitative estimate of drug-likeness (QED) is 0.809. The van der Waals surface area contributed by atoms with Crippen LogP contribution in [0.3, 0.4) is 0 Å². The third-order valence-corrected chi connectivity index (χ3v) is 3.70. The number of ether oxygens (including phenoxy) is 1. The summed E-state index contributed by atoms with van der Waals surface area (Å²) >= 11 is 0. The zero-order valence-corrected chi connectivity index (χ0v) is 11.8. The molecule has 0 aromatic heterocycles. The van der Waals surface area contributed by atoms with Crippen molar-refractivity contribution in [3.63, 3.8) is 0 Å². The molecule has 0 radical (unpaired) electrons. The molecule has 106 valence electrons. The van der Waals surface area contributed by atoms with Crippen LogP contribution in [0.5, 0.6) is 0 Å². The van der Waals surface area contributed by atoms with E-state index in [4.69, 9.17) is 10.5 Å². The highest BCUT2D eigenvalue weighted by Gasteiger charge is 2.25. The predicted molar refractivity (Wildman–Crippen MR) is 77.8 cm³/mol. The SMILES string of the molecule is CC(CN)(CCc1ccccc1)NN1CCOCC1. The van der Waals surface area contributed by atoms with Crippen molar-refractivity contribution in [2.45, 2.75) is 25.3 Å². The molecule has 2 rings (SSSR count). The van der Waals surface area contributed by atoms with Crippen molar-refractivity contribution in [3.8, 4) is 0 Å². The molecule has 1 atom stereocenters. The Morgan fingerprint density at radius 2 is 1.95 bits per heavy atom. The average molecular weight is 263 g/mol. The second kappa shape index (κ2) is 7.01. The van der Waals surface area contributed by atoms with Crippen molar-refractivity contribution < 1.29 is 4.74 Å². The van der Waals surface area contributed by atoms with Gasteiger partial charge in [0.05, 0.1) is 13.2 Å². The first-order valence-electron chi connectivity index (χ1n) is 7.06. The number of hydrazine groups is 1. The van der Waals surface area contributed by atoms with Crippen LogP contribution in [-0.2, 0) is 11.2 Å². The van der Waals surface area contributed by atoms with Crippen LogP contribution in [0.15, 0.2) is 30.3 Å². The van der Waals surface area contributed by atoms with E-state index in [0.717, 1.165) is 39.1 Å². The van der Waals surface area contributed by atoms with Gasteiger partial charge in [-0.3, -0.25) is 0 Å². The molecule has 1 aromatic carbocycles. The predicted octanol–water partition coefficient (Wildman–Crippen LogP) is 1.17. The molecule has 19 heavy (non-hydrogen) atoms. The summed E-state index contributed by atoms with van der Waals surface area (Å²) in [6, 6.07) is 10.6. The fourth-order valence-electron chi connectivity index (χ4n) is 2.33. The molecule has 1 aromatic rings. The minimum Gasteiger partial charge on any atom is -0.379 e. The lowest BCUT2D eigenvalue weighted by molar-refractivity contribution is -0.0101. The number of morpholine rings is 1. The molecule has 4 nitrogen and oxygen atoms in total. The fourth-order valence-corrected chi connectivity index (χ4v) is 2.33. The first-order valence-corrected chi connectivity index (χ1v) is 7.06. The van der Waals surface area contributed by atoms with Crippen molar-refractivity contribution in [3.05, 3.63) is 35.9 Å². The van der Waals surface area contributed by atoms with E-state index in [1.54, 1.807) is 0 Å². The average Bonchev–Trinajstić information content (AvgIpc) is 2.47. The highest BCUT2D eigenvalue weighted by Crippen LogP contribution is 2.14. The molecule has 0 amide bonds. The molecule has 1 aliphatic rings. The van der Waals surface area contributed by atoms with Crippen LogP contribution in [0.4, 0.5) is 0 Å². The van der Waals surface area contributed by atoms with E-state index in [1.807, 2.05) is 0 Å². The van der Waals surface area contributed by atoms with Crippen LogP contribution in [0.25, 0.3) is 0 Å². The molecule has 0 bridgehead atoms. The number of aryl methyl sites for hydroxylation is 1. The summed E-state index contributed by atoms with van der Waals surface area (Å²) in [6.07, 6.45) is 2.08. The lowest BCUT2D eigenvalue weighted by Gasteiger charge is -2.38. The molecule has 0 saturated carbocycles. The molecule has 1 fully saturated rings. The molecule has 1 saturated heterocycles. The second-order valence-corrected chi connectivity index (χ2v) is 5.46. The number of benzene rings is 1. The van der Waals surface area contributed by atoms with Gasteiger partial charge in [0.15, 0.2) is 0 Å². The topological polar surface area (TPSA) is 50.5 Å². The summed E-state index contributed by atoms with van der Waals surface area (Å²) in [5.41, 5.74) is 10.9. The molecule has 4 heteroatoms. The molecule has 1 heterocycles. The van der Waals surface area contributed by atoms with Crippen molar-refractivity contribution in [2.75, 3.05) is 32.8 Å². The minimum atomic E-state index is -0.0484. The highest BCUT2D eigenvalue weighted by molar-refractivity contribution is 5.15. The van der Waals surface area contributed by atoms with Gasteiger partial charge < -0.3 is 10.5 Å². The summed E-state index contributed by atoms with van der Waals surface area (Å²) < 4.78 is 5.36. The van der Waals surface area contributed by atoms with Gasteiger partial charge in [0.2, 0.25) is 0 Å². The van der Waals surface area contributed by atoms with E-state index >= 15 is 0 Å². The minimum absolute atomic E-state index is 0.0484. The van der Waals surface area contributed by atoms with Crippen molar-refractivity contribution in [2.24, 2.45) is 5.73 Å². The summed E-state index contributed by atoms with van der Waals surface area (Å²) in [5, 5.41) is 2.24. The molecule has 1 unspecified atom stereocenters. The summed E-state index contributed by atoms with van der Waals surface area (Å²) in [6.45, 7) is 6.29. The third-order valence-electron chi connectivity index (χ3n) is 3.70. The number of nitrogens with zero attached hydrogens (tertiary/aromatic N) is 1. The Bertz CT molecular complexity index is 365. The van der Waals surface area contributed by atoms with Gasteiger partial charge in [0.1, 0.15) is 0 Å². The molecule has 3 N–H and O–H groups in total. The largest absolute Gasteiger partial charge is 0.379 e. The van der Waals surface area contributed by atoms with E-state index in [9.17, 15) is 0 Å². The molecular weight excluding hydrogens is 238 g/mol. The van der Waals surface area contributed by atoms with Gasteiger partial charge in [-0.25, -0.2) is 10.4 Å². The standard InChI is InChI=1S/C15H25N3O/c1-15(13-16,17-18-9-11-19-12-10-18)8-7-14-5-3-2-4-6-14/h2-6,17H,7-13,16H2,1H3. The fraction of sp³-hybridized carbons (Fsp3) is 0.600. The highest BCUT2D eigenvalue weighted by atomic mass is 16.5. The van der Waals surface area contributed by atoms with Gasteiger partial charge in [-0.2, -0.15) is 0 Å².